The van der Waals surface area contributed by atoms with E-state index in [2.05, 4.69) is 46.8 Å². The lowest BCUT2D eigenvalue weighted by molar-refractivity contribution is 0.293. The van der Waals surface area contributed by atoms with Crippen molar-refractivity contribution >= 4 is 0 Å². The Kier molecular flexibility index (Phi) is 6.90. The van der Waals surface area contributed by atoms with Gasteiger partial charge in [-0.3, -0.25) is 0 Å². The average molecular weight is 278 g/mol. The molecule has 20 heavy (non-hydrogen) atoms. The minimum atomic E-state index is 0.0612. The molecule has 0 N–H and O–H groups in total. The van der Waals surface area contributed by atoms with Crippen LogP contribution in [0.5, 0.6) is 11.5 Å². The van der Waals surface area contributed by atoms with Gasteiger partial charge in [0.25, 0.3) is 0 Å². The third kappa shape index (κ3) is 5.44. The highest BCUT2D eigenvalue weighted by molar-refractivity contribution is 5.44. The summed E-state index contributed by atoms with van der Waals surface area (Å²) in [5, 5.41) is 0. The van der Waals surface area contributed by atoms with E-state index in [1.165, 1.54) is 5.56 Å². The molecule has 0 fully saturated rings. The van der Waals surface area contributed by atoms with Crippen molar-refractivity contribution in [3.8, 4) is 11.5 Å². The second-order valence-electron chi connectivity index (χ2n) is 6.31. The maximum Gasteiger partial charge on any atom is 0.123 e. The van der Waals surface area contributed by atoms with E-state index < -0.39 is 0 Å². The van der Waals surface area contributed by atoms with Crippen LogP contribution in [0.25, 0.3) is 0 Å². The summed E-state index contributed by atoms with van der Waals surface area (Å²) in [6.07, 6.45) is 4.51. The van der Waals surface area contributed by atoms with Crippen LogP contribution < -0.4 is 9.47 Å². The summed E-state index contributed by atoms with van der Waals surface area (Å²) in [7, 11) is 0. The smallest absolute Gasteiger partial charge is 0.123 e. The van der Waals surface area contributed by atoms with Crippen molar-refractivity contribution in [2.75, 3.05) is 13.2 Å². The fraction of sp³-hybridized carbons (Fsp3) is 0.667. The van der Waals surface area contributed by atoms with Crippen LogP contribution in [0.3, 0.4) is 0 Å². The molecule has 114 valence electrons. The molecule has 0 radical (unpaired) electrons. The number of unbranched alkanes of at least 4 members (excludes halogenated alkanes) is 2. The minimum Gasteiger partial charge on any atom is -0.494 e. The van der Waals surface area contributed by atoms with E-state index in [0.29, 0.717) is 0 Å². The molecule has 0 saturated heterocycles. The number of ether oxygens (including phenoxy) is 2. The van der Waals surface area contributed by atoms with Crippen LogP contribution in [0.2, 0.25) is 0 Å². The third-order valence-electron chi connectivity index (χ3n) is 3.28. The first kappa shape index (κ1) is 16.9. The summed E-state index contributed by atoms with van der Waals surface area (Å²) in [5.41, 5.74) is 1.29. The summed E-state index contributed by atoms with van der Waals surface area (Å²) >= 11 is 0. The van der Waals surface area contributed by atoms with E-state index in [1.54, 1.807) is 0 Å². The summed E-state index contributed by atoms with van der Waals surface area (Å²) in [4.78, 5) is 0. The Balaban J connectivity index is 2.83. The molecule has 0 aliphatic heterocycles. The van der Waals surface area contributed by atoms with Crippen molar-refractivity contribution in [1.29, 1.82) is 0 Å². The van der Waals surface area contributed by atoms with E-state index in [-0.39, 0.29) is 5.41 Å². The van der Waals surface area contributed by atoms with Crippen molar-refractivity contribution in [3.05, 3.63) is 23.8 Å². The van der Waals surface area contributed by atoms with Gasteiger partial charge in [0.2, 0.25) is 0 Å². The molecule has 2 nitrogen and oxygen atoms in total. The van der Waals surface area contributed by atoms with Gasteiger partial charge in [0.1, 0.15) is 11.5 Å². The Morgan fingerprint density at radius 3 is 2.05 bits per heavy atom. The molecule has 0 amide bonds. The molecule has 0 saturated carbocycles. The molecule has 1 rings (SSSR count). The van der Waals surface area contributed by atoms with Gasteiger partial charge < -0.3 is 9.47 Å². The Hall–Kier alpha value is -1.18. The first-order valence-electron chi connectivity index (χ1n) is 7.89. The van der Waals surface area contributed by atoms with E-state index in [1.807, 2.05) is 6.07 Å². The Labute approximate surface area is 124 Å². The van der Waals surface area contributed by atoms with Crippen molar-refractivity contribution in [2.24, 2.45) is 0 Å². The van der Waals surface area contributed by atoms with Gasteiger partial charge in [-0.25, -0.2) is 0 Å². The van der Waals surface area contributed by atoms with Crippen molar-refractivity contribution in [2.45, 2.75) is 65.7 Å². The van der Waals surface area contributed by atoms with Crippen LogP contribution in [0, 0.1) is 0 Å². The van der Waals surface area contributed by atoms with Crippen LogP contribution in [-0.2, 0) is 5.41 Å². The van der Waals surface area contributed by atoms with Crippen molar-refractivity contribution in [1.82, 2.24) is 0 Å². The van der Waals surface area contributed by atoms with Crippen LogP contribution in [0.15, 0.2) is 18.2 Å². The lowest BCUT2D eigenvalue weighted by atomic mass is 9.86. The van der Waals surface area contributed by atoms with Crippen LogP contribution in [0.4, 0.5) is 0 Å². The first-order chi connectivity index (χ1) is 9.49. The molecule has 0 spiro atoms. The molecule has 1 aromatic rings. The quantitative estimate of drug-likeness (QED) is 0.597. The normalized spacial score (nSPS) is 11.4. The van der Waals surface area contributed by atoms with E-state index in [4.69, 9.17) is 9.47 Å². The van der Waals surface area contributed by atoms with Gasteiger partial charge in [0.15, 0.2) is 0 Å². The zero-order chi connectivity index (χ0) is 15.0. The van der Waals surface area contributed by atoms with Gasteiger partial charge in [-0.1, -0.05) is 47.5 Å². The average Bonchev–Trinajstić information content (AvgIpc) is 2.39. The summed E-state index contributed by atoms with van der Waals surface area (Å²) in [5.74, 6) is 1.94. The Morgan fingerprint density at radius 1 is 0.900 bits per heavy atom. The Morgan fingerprint density at radius 2 is 1.50 bits per heavy atom. The molecule has 0 aliphatic rings. The van der Waals surface area contributed by atoms with Crippen molar-refractivity contribution in [3.63, 3.8) is 0 Å². The zero-order valence-electron chi connectivity index (χ0n) is 13.8. The molecular formula is C18H30O2. The van der Waals surface area contributed by atoms with Gasteiger partial charge >= 0.3 is 0 Å². The summed E-state index contributed by atoms with van der Waals surface area (Å²) in [6, 6.07) is 6.21. The fourth-order valence-electron chi connectivity index (χ4n) is 1.97. The minimum absolute atomic E-state index is 0.0612. The molecular weight excluding hydrogens is 248 g/mol. The largest absolute Gasteiger partial charge is 0.494 e. The lowest BCUT2D eigenvalue weighted by Gasteiger charge is -2.23. The molecule has 2 heteroatoms. The maximum absolute atomic E-state index is 5.93. The highest BCUT2D eigenvalue weighted by Gasteiger charge is 2.20. The van der Waals surface area contributed by atoms with Crippen LogP contribution >= 0.6 is 0 Å². The highest BCUT2D eigenvalue weighted by atomic mass is 16.5. The fourth-order valence-corrected chi connectivity index (χ4v) is 1.97. The van der Waals surface area contributed by atoms with Crippen LogP contribution in [-0.4, -0.2) is 13.2 Å². The summed E-state index contributed by atoms with van der Waals surface area (Å²) in [6.45, 7) is 12.6. The van der Waals surface area contributed by atoms with Gasteiger partial charge in [-0.15, -0.1) is 0 Å². The standard InChI is InChI=1S/C18H30O2/c1-6-8-12-19-15-10-11-17(20-13-9-7-2)16(14-15)18(3,4)5/h10-11,14H,6-9,12-13H2,1-5H3. The number of hydrogen-bond acceptors (Lipinski definition) is 2. The highest BCUT2D eigenvalue weighted by Crippen LogP contribution is 2.34. The van der Waals surface area contributed by atoms with E-state index >= 15 is 0 Å². The molecule has 0 atom stereocenters. The molecule has 0 heterocycles. The van der Waals surface area contributed by atoms with Gasteiger partial charge in [-0.05, 0) is 36.5 Å². The number of benzene rings is 1. The molecule has 0 bridgehead atoms. The Bertz CT molecular complexity index is 391. The molecule has 0 aromatic heterocycles. The van der Waals surface area contributed by atoms with E-state index in [0.717, 1.165) is 50.4 Å². The second kappa shape index (κ2) is 8.18. The molecule has 0 aliphatic carbocycles. The summed E-state index contributed by atoms with van der Waals surface area (Å²) < 4.78 is 11.7. The number of hydrogen-bond donors (Lipinski definition) is 0. The van der Waals surface area contributed by atoms with Crippen LogP contribution in [0.1, 0.15) is 65.9 Å². The van der Waals surface area contributed by atoms with Gasteiger partial charge in [-0.2, -0.15) is 0 Å². The zero-order valence-corrected chi connectivity index (χ0v) is 13.8. The van der Waals surface area contributed by atoms with E-state index in [9.17, 15) is 0 Å². The predicted octanol–water partition coefficient (Wildman–Crippen LogP) is 5.34. The predicted molar refractivity (Wildman–Crippen MR) is 85.9 cm³/mol. The maximum atomic E-state index is 5.93. The first-order valence-corrected chi connectivity index (χ1v) is 7.89. The second-order valence-corrected chi connectivity index (χ2v) is 6.31. The SMILES string of the molecule is CCCCOc1ccc(OCCCC)c(C(C)(C)C)c1. The molecule has 0 unspecified atom stereocenters. The molecule has 1 aromatic carbocycles. The third-order valence-corrected chi connectivity index (χ3v) is 3.28. The monoisotopic (exact) mass is 278 g/mol. The topological polar surface area (TPSA) is 18.5 Å². The van der Waals surface area contributed by atoms with Gasteiger partial charge in [0.05, 0.1) is 13.2 Å². The van der Waals surface area contributed by atoms with Crippen molar-refractivity contribution < 1.29 is 9.47 Å². The number of rotatable bonds is 8. The van der Waals surface area contributed by atoms with Gasteiger partial charge in [0, 0.05) is 5.56 Å². The lowest BCUT2D eigenvalue weighted by Crippen LogP contribution is -2.14.